The molecule has 0 aliphatic carbocycles. The van der Waals surface area contributed by atoms with E-state index >= 15 is 0 Å². The normalized spacial score (nSPS) is 7.20. The van der Waals surface area contributed by atoms with Gasteiger partial charge in [-0.25, -0.2) is 0 Å². The Bertz CT molecular complexity index is 31.2. The lowest BCUT2D eigenvalue weighted by Crippen LogP contribution is -1.85. The highest BCUT2D eigenvalue weighted by Gasteiger charge is 1.69. The van der Waals surface area contributed by atoms with Crippen LogP contribution in [0.2, 0.25) is 0 Å². The number of hydrogen-bond acceptors (Lipinski definition) is 3. The molecule has 0 aliphatic rings. The van der Waals surface area contributed by atoms with Crippen LogP contribution in [0.25, 0.3) is 0 Å². The van der Waals surface area contributed by atoms with Gasteiger partial charge in [-0.3, -0.25) is 0 Å². The van der Waals surface area contributed by atoms with Crippen molar-refractivity contribution >= 4 is 17.0 Å². The molecule has 0 aliphatic heterocycles. The Kier molecular flexibility index (Phi) is 36.3. The van der Waals surface area contributed by atoms with Gasteiger partial charge in [0.25, 0.3) is 0 Å². The minimum absolute atomic E-state index is 0. The van der Waals surface area contributed by atoms with E-state index in [4.69, 9.17) is 10.2 Å². The van der Waals surface area contributed by atoms with Crippen molar-refractivity contribution in [1.29, 1.82) is 0 Å². The zero-order valence-electron chi connectivity index (χ0n) is 7.16. The van der Waals surface area contributed by atoms with E-state index in [0.717, 1.165) is 0 Å². The molecule has 4 heteroatoms. The maximum absolute atomic E-state index is 8.06. The van der Waals surface area contributed by atoms with Crippen LogP contribution in [0.5, 0.6) is 0 Å². The van der Waals surface area contributed by atoms with Gasteiger partial charge in [-0.2, -0.15) is 0 Å². The van der Waals surface area contributed by atoms with E-state index in [-0.39, 0.29) is 35.3 Å². The summed E-state index contributed by atoms with van der Waals surface area (Å²) in [5, 5.41) is 16.1. The molecule has 0 radical (unpaired) electrons. The molecule has 68 valence electrons. The molecule has 0 aromatic rings. The summed E-state index contributed by atoms with van der Waals surface area (Å²) in [4.78, 5) is 0. The van der Waals surface area contributed by atoms with Crippen molar-refractivity contribution in [2.45, 2.75) is 39.9 Å². The molecule has 0 aromatic heterocycles. The van der Waals surface area contributed by atoms with Crippen molar-refractivity contribution in [3.05, 3.63) is 0 Å². The smallest absolute Gasteiger partial charge is 0.0483 e. The molecule has 0 saturated heterocycles. The third-order valence-electron chi connectivity index (χ3n) is 0. The number of aliphatic hydroxyl groups is 2. The van der Waals surface area contributed by atoms with Crippen LogP contribution >= 0.6 is 17.0 Å². The maximum Gasteiger partial charge on any atom is 0.0483 e. The van der Waals surface area contributed by atoms with Crippen molar-refractivity contribution in [2.75, 3.05) is 0 Å². The van der Waals surface area contributed by atoms with Gasteiger partial charge in [-0.05, 0) is 27.7 Å². The van der Waals surface area contributed by atoms with E-state index < -0.39 is 0 Å². The monoisotopic (exact) mass is 217 g/mol. The Hall–Kier alpha value is 0.360. The zero-order chi connectivity index (χ0) is 7.15. The summed E-state index contributed by atoms with van der Waals surface area (Å²) in [5.41, 5.74) is 0. The Morgan fingerprint density at radius 3 is 0.800 bits per heavy atom. The van der Waals surface area contributed by atoms with Gasteiger partial charge < -0.3 is 16.4 Å². The van der Waals surface area contributed by atoms with E-state index in [1.807, 2.05) is 0 Å². The highest BCUT2D eigenvalue weighted by molar-refractivity contribution is 8.93. The van der Waals surface area contributed by atoms with E-state index in [0.29, 0.717) is 0 Å². The minimum atomic E-state index is -0.167. The van der Waals surface area contributed by atoms with Gasteiger partial charge in [-0.15, -0.1) is 17.0 Å². The molecule has 0 unspecified atom stereocenters. The van der Waals surface area contributed by atoms with Crippen LogP contribution in [0.15, 0.2) is 0 Å². The van der Waals surface area contributed by atoms with Crippen molar-refractivity contribution in [3.63, 3.8) is 0 Å². The first kappa shape index (κ1) is 22.4. The summed E-state index contributed by atoms with van der Waals surface area (Å²) in [6.07, 6.45) is -0.333. The van der Waals surface area contributed by atoms with Gasteiger partial charge in [0, 0.05) is 12.2 Å². The molecular weight excluding hydrogens is 198 g/mol. The molecule has 0 amide bonds. The first-order valence-corrected chi connectivity index (χ1v) is 2.83. The molecule has 5 N–H and O–H groups in total. The second kappa shape index (κ2) is 16.2. The predicted octanol–water partition coefficient (Wildman–Crippen LogP) is 1.51. The summed E-state index contributed by atoms with van der Waals surface area (Å²) in [5.74, 6) is 0. The molecule has 0 fully saturated rings. The van der Waals surface area contributed by atoms with Crippen molar-refractivity contribution in [1.82, 2.24) is 6.15 Å². The average molecular weight is 218 g/mol. The molecular formula is C6H20BrNO2. The van der Waals surface area contributed by atoms with Crippen molar-refractivity contribution in [3.8, 4) is 0 Å². The van der Waals surface area contributed by atoms with Crippen LogP contribution in [0, 0.1) is 0 Å². The van der Waals surface area contributed by atoms with Gasteiger partial charge in [0.05, 0.1) is 0 Å². The summed E-state index contributed by atoms with van der Waals surface area (Å²) in [6, 6.07) is 0. The Labute approximate surface area is 73.8 Å². The maximum atomic E-state index is 8.06. The van der Waals surface area contributed by atoms with Gasteiger partial charge in [0.2, 0.25) is 0 Å². The van der Waals surface area contributed by atoms with Crippen molar-refractivity contribution < 1.29 is 10.2 Å². The highest BCUT2D eigenvalue weighted by Crippen LogP contribution is 1.65. The second-order valence-electron chi connectivity index (χ2n) is 2.19. The zero-order valence-corrected chi connectivity index (χ0v) is 8.88. The standard InChI is InChI=1S/2C3H8O.BrH.H3N/c2*1-3(2)4;;/h2*3-4H,1-2H3;1H;1H3. The van der Waals surface area contributed by atoms with Crippen LogP contribution in [0.1, 0.15) is 27.7 Å². The van der Waals surface area contributed by atoms with E-state index in [2.05, 4.69) is 0 Å². The topological polar surface area (TPSA) is 75.5 Å². The molecule has 3 nitrogen and oxygen atoms in total. The fourth-order valence-electron chi connectivity index (χ4n) is 0. The SMILES string of the molecule is Br.CC(C)O.CC(C)O.N. The lowest BCUT2D eigenvalue weighted by molar-refractivity contribution is 0.215. The first-order valence-electron chi connectivity index (χ1n) is 2.83. The summed E-state index contributed by atoms with van der Waals surface area (Å²) < 4.78 is 0. The van der Waals surface area contributed by atoms with E-state index in [1.54, 1.807) is 27.7 Å². The number of hydrogen-bond donors (Lipinski definition) is 3. The lowest BCUT2D eigenvalue weighted by Gasteiger charge is -1.80. The quantitative estimate of drug-likeness (QED) is 0.576. The molecule has 0 bridgehead atoms. The minimum Gasteiger partial charge on any atom is -0.394 e. The van der Waals surface area contributed by atoms with E-state index in [1.165, 1.54) is 0 Å². The van der Waals surface area contributed by atoms with Gasteiger partial charge in [-0.1, -0.05) is 0 Å². The van der Waals surface area contributed by atoms with Crippen LogP contribution in [0.3, 0.4) is 0 Å². The molecule has 0 aromatic carbocycles. The third kappa shape index (κ3) is 3490. The summed E-state index contributed by atoms with van der Waals surface area (Å²) >= 11 is 0. The Balaban J connectivity index is -0.0000000300. The van der Waals surface area contributed by atoms with Crippen molar-refractivity contribution in [2.24, 2.45) is 0 Å². The largest absolute Gasteiger partial charge is 0.394 e. The van der Waals surface area contributed by atoms with E-state index in [9.17, 15) is 0 Å². The molecule has 0 saturated carbocycles. The lowest BCUT2D eigenvalue weighted by atomic mass is 10.5. The third-order valence-corrected chi connectivity index (χ3v) is 0. The summed E-state index contributed by atoms with van der Waals surface area (Å²) in [7, 11) is 0. The van der Waals surface area contributed by atoms with Gasteiger partial charge in [0.1, 0.15) is 0 Å². The van der Waals surface area contributed by atoms with Crippen LogP contribution in [-0.4, -0.2) is 22.4 Å². The Morgan fingerprint density at radius 1 is 0.800 bits per heavy atom. The first-order chi connectivity index (χ1) is 3.46. The molecule has 0 spiro atoms. The fraction of sp³-hybridized carbons (Fsp3) is 1.00. The van der Waals surface area contributed by atoms with Crippen LogP contribution in [0.4, 0.5) is 0 Å². The summed E-state index contributed by atoms with van der Waals surface area (Å²) in [6.45, 7) is 6.89. The van der Waals surface area contributed by atoms with Crippen LogP contribution in [-0.2, 0) is 0 Å². The predicted molar refractivity (Wildman–Crippen MR) is 50.1 cm³/mol. The van der Waals surface area contributed by atoms with Crippen LogP contribution < -0.4 is 6.15 Å². The Morgan fingerprint density at radius 2 is 0.800 bits per heavy atom. The number of halogens is 1. The van der Waals surface area contributed by atoms with Gasteiger partial charge in [0.15, 0.2) is 0 Å². The number of rotatable bonds is 0. The second-order valence-corrected chi connectivity index (χ2v) is 2.19. The average Bonchev–Trinajstić information content (AvgIpc) is 1.25. The molecule has 0 atom stereocenters. The molecule has 10 heavy (non-hydrogen) atoms. The fourth-order valence-corrected chi connectivity index (χ4v) is 0. The number of aliphatic hydroxyl groups excluding tert-OH is 2. The highest BCUT2D eigenvalue weighted by atomic mass is 79.9. The molecule has 0 heterocycles. The van der Waals surface area contributed by atoms with Gasteiger partial charge >= 0.3 is 0 Å². The molecule has 0 rings (SSSR count).